The van der Waals surface area contributed by atoms with Crippen LogP contribution in [0, 0.1) is 11.3 Å². The lowest BCUT2D eigenvalue weighted by atomic mass is 9.77. The molecule has 0 bridgehead atoms. The maximum Gasteiger partial charge on any atom is 0.230 e. The van der Waals surface area contributed by atoms with Crippen LogP contribution >= 0.6 is 0 Å². The number of ether oxygens (including phenoxy) is 1. The fourth-order valence-electron chi connectivity index (χ4n) is 4.78. The molecule has 1 aliphatic carbocycles. The number of piperidine rings is 1. The summed E-state index contributed by atoms with van der Waals surface area (Å²) in [5.41, 5.74) is 0.576. The number of hydrogen-bond donors (Lipinski definition) is 1. The minimum Gasteiger partial charge on any atom is -0.491 e. The smallest absolute Gasteiger partial charge is 0.230 e. The Bertz CT molecular complexity index is 727. The highest BCUT2D eigenvalue weighted by molar-refractivity contribution is 5.84. The van der Waals surface area contributed by atoms with E-state index < -0.39 is 0 Å². The van der Waals surface area contributed by atoms with Crippen molar-refractivity contribution in [3.63, 3.8) is 0 Å². The summed E-state index contributed by atoms with van der Waals surface area (Å²) >= 11 is 0. The zero-order valence-electron chi connectivity index (χ0n) is 15.6. The first-order chi connectivity index (χ1) is 12.6. The molecule has 6 heteroatoms. The first kappa shape index (κ1) is 17.6. The molecular weight excluding hydrogens is 330 g/mol. The molecule has 1 N–H and O–H groups in total. The molecule has 0 unspecified atom stereocenters. The van der Waals surface area contributed by atoms with Gasteiger partial charge in [-0.05, 0) is 44.6 Å². The fourth-order valence-corrected chi connectivity index (χ4v) is 4.78. The van der Waals surface area contributed by atoms with Gasteiger partial charge in [0.2, 0.25) is 11.3 Å². The number of nitrogens with one attached hydrogen (secondary N) is 1. The van der Waals surface area contributed by atoms with Gasteiger partial charge in [-0.3, -0.25) is 14.5 Å². The Morgan fingerprint density at radius 2 is 2.08 bits per heavy atom. The molecule has 0 aromatic carbocycles. The van der Waals surface area contributed by atoms with Gasteiger partial charge in [0.25, 0.3) is 0 Å². The number of H-pyrrole nitrogens is 1. The van der Waals surface area contributed by atoms with E-state index in [4.69, 9.17) is 4.74 Å². The van der Waals surface area contributed by atoms with Crippen molar-refractivity contribution in [1.29, 1.82) is 0 Å². The second kappa shape index (κ2) is 7.06. The molecule has 1 amide bonds. The molecule has 1 aromatic rings. The van der Waals surface area contributed by atoms with E-state index in [1.807, 2.05) is 0 Å². The highest BCUT2D eigenvalue weighted by atomic mass is 16.5. The summed E-state index contributed by atoms with van der Waals surface area (Å²) in [7, 11) is 1.50. The molecule has 3 heterocycles. The number of hydrogen-bond acceptors (Lipinski definition) is 4. The van der Waals surface area contributed by atoms with Crippen LogP contribution in [0.15, 0.2) is 17.1 Å². The van der Waals surface area contributed by atoms with E-state index >= 15 is 0 Å². The molecule has 4 rings (SSSR count). The van der Waals surface area contributed by atoms with Gasteiger partial charge in [0.15, 0.2) is 5.75 Å². The van der Waals surface area contributed by atoms with Crippen LogP contribution in [0.1, 0.15) is 44.2 Å². The Hall–Kier alpha value is -1.82. The van der Waals surface area contributed by atoms with Crippen molar-refractivity contribution in [3.8, 4) is 5.75 Å². The van der Waals surface area contributed by atoms with Gasteiger partial charge in [-0.2, -0.15) is 0 Å². The Morgan fingerprint density at radius 3 is 2.77 bits per heavy atom. The summed E-state index contributed by atoms with van der Waals surface area (Å²) in [6, 6.07) is 1.61. The first-order valence-corrected chi connectivity index (χ1v) is 9.87. The molecule has 142 valence electrons. The SMILES string of the molecule is COc1c[nH]c(CN2CC[C@@]3(CCCN(CC4CCC4)C3=O)C2)cc1=O. The van der Waals surface area contributed by atoms with Crippen LogP contribution < -0.4 is 10.2 Å². The van der Waals surface area contributed by atoms with E-state index in [2.05, 4.69) is 14.8 Å². The lowest BCUT2D eigenvalue weighted by Crippen LogP contribution is -2.51. The molecule has 3 aliphatic rings. The van der Waals surface area contributed by atoms with Gasteiger partial charge in [0.1, 0.15) is 0 Å². The number of aromatic nitrogens is 1. The van der Waals surface area contributed by atoms with Crippen molar-refractivity contribution in [2.75, 3.05) is 33.3 Å². The molecule has 1 atom stereocenters. The maximum absolute atomic E-state index is 13.2. The number of aromatic amines is 1. The average molecular weight is 359 g/mol. The quantitative estimate of drug-likeness (QED) is 0.873. The van der Waals surface area contributed by atoms with Gasteiger partial charge in [0, 0.05) is 44.1 Å². The molecule has 1 saturated carbocycles. The van der Waals surface area contributed by atoms with Crippen LogP contribution in [0.4, 0.5) is 0 Å². The Labute approximate surface area is 154 Å². The summed E-state index contributed by atoms with van der Waals surface area (Å²) in [5, 5.41) is 0. The third-order valence-electron chi connectivity index (χ3n) is 6.51. The van der Waals surface area contributed by atoms with E-state index in [0.717, 1.165) is 57.1 Å². The van der Waals surface area contributed by atoms with Crippen LogP contribution in [0.2, 0.25) is 0 Å². The minimum absolute atomic E-state index is 0.101. The predicted molar refractivity (Wildman–Crippen MR) is 99.1 cm³/mol. The van der Waals surface area contributed by atoms with Gasteiger partial charge >= 0.3 is 0 Å². The monoisotopic (exact) mass is 359 g/mol. The molecule has 3 fully saturated rings. The summed E-state index contributed by atoms with van der Waals surface area (Å²) in [6.45, 7) is 4.30. The zero-order valence-corrected chi connectivity index (χ0v) is 15.6. The second-order valence-corrected chi connectivity index (χ2v) is 8.28. The first-order valence-electron chi connectivity index (χ1n) is 9.87. The molecule has 2 saturated heterocycles. The second-order valence-electron chi connectivity index (χ2n) is 8.28. The van der Waals surface area contributed by atoms with Crippen molar-refractivity contribution in [2.45, 2.75) is 45.1 Å². The molecule has 2 aliphatic heterocycles. The van der Waals surface area contributed by atoms with E-state index in [1.165, 1.54) is 26.4 Å². The van der Waals surface area contributed by atoms with Gasteiger partial charge < -0.3 is 14.6 Å². The number of amides is 1. The summed E-state index contributed by atoms with van der Waals surface area (Å²) in [4.78, 5) is 32.7. The van der Waals surface area contributed by atoms with E-state index in [-0.39, 0.29) is 10.8 Å². The number of nitrogens with zero attached hydrogens (tertiary/aromatic N) is 2. The van der Waals surface area contributed by atoms with Crippen LogP contribution in [-0.2, 0) is 11.3 Å². The molecule has 26 heavy (non-hydrogen) atoms. The van der Waals surface area contributed by atoms with Crippen LogP contribution in [0.3, 0.4) is 0 Å². The summed E-state index contributed by atoms with van der Waals surface area (Å²) in [5.74, 6) is 1.44. The minimum atomic E-state index is -0.200. The number of rotatable bonds is 5. The van der Waals surface area contributed by atoms with Gasteiger partial charge in [-0.25, -0.2) is 0 Å². The standard InChI is InChI=1S/C20H29N3O3/c1-26-18-11-21-16(10-17(18)24)13-22-9-7-20(14-22)6-3-8-23(19(20)25)12-15-4-2-5-15/h10-11,15H,2-9,12-14H2,1H3,(H,21,24)/t20-/m0/s1. The van der Waals surface area contributed by atoms with Crippen LogP contribution in [0.5, 0.6) is 5.75 Å². The number of likely N-dealkylation sites (tertiary alicyclic amines) is 2. The Morgan fingerprint density at radius 1 is 1.23 bits per heavy atom. The molecule has 1 aromatic heterocycles. The summed E-state index contributed by atoms with van der Waals surface area (Å²) < 4.78 is 5.02. The van der Waals surface area contributed by atoms with Crippen LogP contribution in [0.25, 0.3) is 0 Å². The maximum atomic E-state index is 13.2. The normalized spacial score (nSPS) is 27.1. The van der Waals surface area contributed by atoms with E-state index in [0.29, 0.717) is 18.2 Å². The molecular formula is C20H29N3O3. The summed E-state index contributed by atoms with van der Waals surface area (Å²) in [6.07, 6.45) is 8.57. The number of carbonyl (C=O) groups is 1. The largest absolute Gasteiger partial charge is 0.491 e. The number of methoxy groups -OCH3 is 1. The zero-order chi connectivity index (χ0) is 18.1. The van der Waals surface area contributed by atoms with Crippen molar-refractivity contribution in [1.82, 2.24) is 14.8 Å². The average Bonchev–Trinajstić information content (AvgIpc) is 2.98. The van der Waals surface area contributed by atoms with Gasteiger partial charge in [0.05, 0.1) is 12.5 Å². The number of pyridine rings is 1. The molecule has 1 spiro atoms. The molecule has 0 radical (unpaired) electrons. The van der Waals surface area contributed by atoms with Crippen molar-refractivity contribution >= 4 is 5.91 Å². The Kier molecular flexibility index (Phi) is 4.78. The van der Waals surface area contributed by atoms with Crippen molar-refractivity contribution < 1.29 is 9.53 Å². The lowest BCUT2D eigenvalue weighted by molar-refractivity contribution is -0.146. The number of carbonyl (C=O) groups excluding carboxylic acids is 1. The van der Waals surface area contributed by atoms with E-state index in [9.17, 15) is 9.59 Å². The van der Waals surface area contributed by atoms with Crippen molar-refractivity contribution in [3.05, 3.63) is 28.2 Å². The highest BCUT2D eigenvalue weighted by Crippen LogP contribution is 2.41. The Balaban J connectivity index is 1.41. The van der Waals surface area contributed by atoms with E-state index in [1.54, 1.807) is 12.3 Å². The third-order valence-corrected chi connectivity index (χ3v) is 6.51. The fraction of sp³-hybridized carbons (Fsp3) is 0.700. The predicted octanol–water partition coefficient (Wildman–Crippen LogP) is 2.00. The van der Waals surface area contributed by atoms with Gasteiger partial charge in [-0.1, -0.05) is 6.42 Å². The third kappa shape index (κ3) is 3.27. The van der Waals surface area contributed by atoms with Crippen molar-refractivity contribution in [2.24, 2.45) is 11.3 Å². The molecule has 6 nitrogen and oxygen atoms in total. The highest BCUT2D eigenvalue weighted by Gasteiger charge is 2.48. The topological polar surface area (TPSA) is 65.6 Å². The lowest BCUT2D eigenvalue weighted by Gasteiger charge is -2.42. The van der Waals surface area contributed by atoms with Gasteiger partial charge in [-0.15, -0.1) is 0 Å². The van der Waals surface area contributed by atoms with Crippen LogP contribution in [-0.4, -0.2) is 54.0 Å².